The lowest BCUT2D eigenvalue weighted by molar-refractivity contribution is -0.384. The number of nitrogens with one attached hydrogen (secondary N) is 1. The van der Waals surface area contributed by atoms with Gasteiger partial charge in [-0.15, -0.1) is 0 Å². The second-order valence-corrected chi connectivity index (χ2v) is 6.33. The fourth-order valence-corrected chi connectivity index (χ4v) is 3.11. The number of carbonyl (C=O) groups excluding carboxylic acids is 1. The molecule has 1 saturated heterocycles. The number of hydrogen-bond acceptors (Lipinski definition) is 4. The van der Waals surface area contributed by atoms with Crippen molar-refractivity contribution in [3.8, 4) is 0 Å². The largest absolute Gasteiger partial charge is 0.362 e. The molecule has 0 aliphatic carbocycles. The van der Waals surface area contributed by atoms with Crippen molar-refractivity contribution in [3.63, 3.8) is 0 Å². The Kier molecular flexibility index (Phi) is 5.85. The first kappa shape index (κ1) is 18.6. The predicted octanol–water partition coefficient (Wildman–Crippen LogP) is 2.81. The summed E-state index contributed by atoms with van der Waals surface area (Å²) in [6, 6.07) is 12.7. The summed E-state index contributed by atoms with van der Waals surface area (Å²) >= 11 is 0. The zero-order chi connectivity index (χ0) is 19.2. The molecule has 0 unspecified atom stereocenters. The molecule has 7 nitrogen and oxygen atoms in total. The number of nitro groups is 1. The molecule has 1 aliphatic rings. The zero-order valence-electron chi connectivity index (χ0n) is 14.8. The Hall–Kier alpha value is -3.16. The van der Waals surface area contributed by atoms with Crippen LogP contribution in [0.2, 0.25) is 0 Å². The van der Waals surface area contributed by atoms with Crippen LogP contribution in [0.4, 0.5) is 20.6 Å². The van der Waals surface area contributed by atoms with E-state index in [0.29, 0.717) is 44.8 Å². The molecular formula is C19H21FN4O3. The van der Waals surface area contributed by atoms with E-state index in [2.05, 4.69) is 5.32 Å². The molecule has 142 valence electrons. The molecule has 2 amide bonds. The Morgan fingerprint density at radius 3 is 2.41 bits per heavy atom. The standard InChI is InChI=1S/C19H21FN4O3/c20-16-7-5-15(6-8-16)9-10-21-19(25)23-13-11-22(12-14-23)17-3-1-2-4-18(17)24(26)27/h1-8H,9-14H2,(H,21,25). The number of anilines is 1. The van der Waals surface area contributed by atoms with E-state index < -0.39 is 0 Å². The molecule has 27 heavy (non-hydrogen) atoms. The van der Waals surface area contributed by atoms with Crippen LogP contribution in [0.1, 0.15) is 5.56 Å². The second kappa shape index (κ2) is 8.48. The van der Waals surface area contributed by atoms with Gasteiger partial charge in [0.2, 0.25) is 0 Å². The normalized spacial score (nSPS) is 14.1. The topological polar surface area (TPSA) is 78.7 Å². The maximum absolute atomic E-state index is 12.9. The van der Waals surface area contributed by atoms with Gasteiger partial charge in [0, 0.05) is 38.8 Å². The van der Waals surface area contributed by atoms with Crippen molar-refractivity contribution in [2.75, 3.05) is 37.6 Å². The van der Waals surface area contributed by atoms with Crippen molar-refractivity contribution in [2.24, 2.45) is 0 Å². The average Bonchev–Trinajstić information content (AvgIpc) is 2.69. The highest BCUT2D eigenvalue weighted by molar-refractivity contribution is 5.74. The average molecular weight is 372 g/mol. The Labute approximate surface area is 156 Å². The summed E-state index contributed by atoms with van der Waals surface area (Å²) in [4.78, 5) is 26.7. The third-order valence-corrected chi connectivity index (χ3v) is 4.59. The van der Waals surface area contributed by atoms with Crippen LogP contribution in [0, 0.1) is 15.9 Å². The number of hydrogen-bond donors (Lipinski definition) is 1. The lowest BCUT2D eigenvalue weighted by Crippen LogP contribution is -2.52. The van der Waals surface area contributed by atoms with E-state index in [1.165, 1.54) is 18.2 Å². The lowest BCUT2D eigenvalue weighted by atomic mass is 10.1. The summed E-state index contributed by atoms with van der Waals surface area (Å²) in [5.74, 6) is -0.278. The van der Waals surface area contributed by atoms with E-state index in [0.717, 1.165) is 5.56 Å². The molecule has 1 heterocycles. The molecule has 2 aromatic rings. The number of nitro benzene ring substituents is 1. The van der Waals surface area contributed by atoms with Gasteiger partial charge in [-0.25, -0.2) is 9.18 Å². The lowest BCUT2D eigenvalue weighted by Gasteiger charge is -2.35. The van der Waals surface area contributed by atoms with Crippen LogP contribution >= 0.6 is 0 Å². The molecule has 0 radical (unpaired) electrons. The fraction of sp³-hybridized carbons (Fsp3) is 0.316. The molecule has 0 atom stereocenters. The number of amides is 2. The van der Waals surface area contributed by atoms with Gasteiger partial charge in [0.25, 0.3) is 5.69 Å². The van der Waals surface area contributed by atoms with E-state index in [-0.39, 0.29) is 22.5 Å². The van der Waals surface area contributed by atoms with Crippen LogP contribution in [-0.4, -0.2) is 48.6 Å². The molecule has 0 aromatic heterocycles. The third kappa shape index (κ3) is 4.72. The predicted molar refractivity (Wildman–Crippen MR) is 100 cm³/mol. The number of nitrogens with zero attached hydrogens (tertiary/aromatic N) is 3. The molecule has 2 aromatic carbocycles. The van der Waals surface area contributed by atoms with Crippen molar-refractivity contribution in [3.05, 3.63) is 70.0 Å². The highest BCUT2D eigenvalue weighted by atomic mass is 19.1. The third-order valence-electron chi connectivity index (χ3n) is 4.59. The van der Waals surface area contributed by atoms with Gasteiger partial charge in [0.05, 0.1) is 4.92 Å². The van der Waals surface area contributed by atoms with Gasteiger partial charge < -0.3 is 15.1 Å². The van der Waals surface area contributed by atoms with Gasteiger partial charge in [-0.05, 0) is 30.2 Å². The Bertz CT molecular complexity index is 805. The summed E-state index contributed by atoms with van der Waals surface area (Å²) in [6.07, 6.45) is 0.627. The number of carbonyl (C=O) groups is 1. The van der Waals surface area contributed by atoms with Gasteiger partial charge in [-0.1, -0.05) is 24.3 Å². The van der Waals surface area contributed by atoms with E-state index in [1.54, 1.807) is 35.2 Å². The van der Waals surface area contributed by atoms with E-state index >= 15 is 0 Å². The molecular weight excluding hydrogens is 351 g/mol. The summed E-state index contributed by atoms with van der Waals surface area (Å²) in [5, 5.41) is 14.0. The van der Waals surface area contributed by atoms with Crippen LogP contribution in [0.15, 0.2) is 48.5 Å². The number of urea groups is 1. The molecule has 1 fully saturated rings. The minimum atomic E-state index is -0.385. The molecule has 3 rings (SSSR count). The van der Waals surface area contributed by atoms with Crippen molar-refractivity contribution in [1.29, 1.82) is 0 Å². The Morgan fingerprint density at radius 2 is 1.74 bits per heavy atom. The van der Waals surface area contributed by atoms with Crippen molar-refractivity contribution < 1.29 is 14.1 Å². The van der Waals surface area contributed by atoms with E-state index in [4.69, 9.17) is 0 Å². The van der Waals surface area contributed by atoms with Crippen molar-refractivity contribution in [2.45, 2.75) is 6.42 Å². The summed E-state index contributed by atoms with van der Waals surface area (Å²) in [6.45, 7) is 2.53. The van der Waals surface area contributed by atoms with Crippen LogP contribution in [0.3, 0.4) is 0 Å². The Morgan fingerprint density at radius 1 is 1.07 bits per heavy atom. The number of rotatable bonds is 5. The quantitative estimate of drug-likeness (QED) is 0.647. The number of benzene rings is 2. The second-order valence-electron chi connectivity index (χ2n) is 6.33. The monoisotopic (exact) mass is 372 g/mol. The zero-order valence-corrected chi connectivity index (χ0v) is 14.8. The maximum atomic E-state index is 12.9. The minimum absolute atomic E-state index is 0.0784. The number of halogens is 1. The highest BCUT2D eigenvalue weighted by Gasteiger charge is 2.25. The van der Waals surface area contributed by atoms with Crippen LogP contribution < -0.4 is 10.2 Å². The van der Waals surface area contributed by atoms with Gasteiger partial charge >= 0.3 is 6.03 Å². The Balaban J connectivity index is 1.48. The molecule has 0 spiro atoms. The number of piperazine rings is 1. The first-order chi connectivity index (χ1) is 13.0. The van der Waals surface area contributed by atoms with Crippen LogP contribution in [-0.2, 0) is 6.42 Å². The smallest absolute Gasteiger partial charge is 0.317 e. The first-order valence-corrected chi connectivity index (χ1v) is 8.80. The van der Waals surface area contributed by atoms with Crippen molar-refractivity contribution in [1.82, 2.24) is 10.2 Å². The van der Waals surface area contributed by atoms with Crippen LogP contribution in [0.5, 0.6) is 0 Å². The van der Waals surface area contributed by atoms with Gasteiger partial charge in [-0.2, -0.15) is 0 Å². The SMILES string of the molecule is O=C(NCCc1ccc(F)cc1)N1CCN(c2ccccc2[N+](=O)[O-])CC1. The molecule has 1 N–H and O–H groups in total. The molecule has 0 bridgehead atoms. The van der Waals surface area contributed by atoms with Gasteiger partial charge in [-0.3, -0.25) is 10.1 Å². The summed E-state index contributed by atoms with van der Waals surface area (Å²) in [5.41, 5.74) is 1.62. The number of para-hydroxylation sites is 2. The fourth-order valence-electron chi connectivity index (χ4n) is 3.11. The van der Waals surface area contributed by atoms with Crippen molar-refractivity contribution >= 4 is 17.4 Å². The summed E-state index contributed by atoms with van der Waals surface area (Å²) < 4.78 is 12.9. The molecule has 8 heteroatoms. The highest BCUT2D eigenvalue weighted by Crippen LogP contribution is 2.28. The molecule has 0 saturated carbocycles. The van der Waals surface area contributed by atoms with Gasteiger partial charge in [0.15, 0.2) is 0 Å². The summed E-state index contributed by atoms with van der Waals surface area (Å²) in [7, 11) is 0. The minimum Gasteiger partial charge on any atom is -0.362 e. The maximum Gasteiger partial charge on any atom is 0.317 e. The van der Waals surface area contributed by atoms with Gasteiger partial charge in [0.1, 0.15) is 11.5 Å². The van der Waals surface area contributed by atoms with Crippen LogP contribution in [0.25, 0.3) is 0 Å². The van der Waals surface area contributed by atoms with E-state index in [1.807, 2.05) is 4.90 Å². The van der Waals surface area contributed by atoms with E-state index in [9.17, 15) is 19.3 Å². The molecule has 1 aliphatic heterocycles. The first-order valence-electron chi connectivity index (χ1n) is 8.80.